The van der Waals surface area contributed by atoms with Crippen LogP contribution in [0, 0.1) is 10.1 Å². The van der Waals surface area contributed by atoms with Crippen molar-refractivity contribution >= 4 is 17.5 Å². The van der Waals surface area contributed by atoms with Crippen LogP contribution < -0.4 is 11.1 Å². The smallest absolute Gasteiger partial charge is 0.269 e. The molecule has 0 saturated carbocycles. The predicted molar refractivity (Wildman–Crippen MR) is 72.8 cm³/mol. The molecule has 0 spiro atoms. The lowest BCUT2D eigenvalue weighted by Gasteiger charge is -2.22. The maximum atomic E-state index is 11.7. The van der Waals surface area contributed by atoms with E-state index in [2.05, 4.69) is 5.32 Å². The number of amides is 2. The molecule has 0 fully saturated rings. The minimum absolute atomic E-state index is 0.00747. The number of hydrogen-bond donors (Lipinski definition) is 2. The topological polar surface area (TPSA) is 115 Å². The Morgan fingerprint density at radius 3 is 2.30 bits per heavy atom. The minimum atomic E-state index is -1.09. The van der Waals surface area contributed by atoms with Crippen LogP contribution in [0.3, 0.4) is 0 Å². The highest BCUT2D eigenvalue weighted by Crippen LogP contribution is 2.13. The van der Waals surface area contributed by atoms with Crippen molar-refractivity contribution in [2.24, 2.45) is 5.73 Å². The molecule has 0 atom stereocenters. The summed E-state index contributed by atoms with van der Waals surface area (Å²) in [6.07, 6.45) is 0.604. The lowest BCUT2D eigenvalue weighted by molar-refractivity contribution is -0.384. The van der Waals surface area contributed by atoms with E-state index in [1.165, 1.54) is 26.0 Å². The summed E-state index contributed by atoms with van der Waals surface area (Å²) < 4.78 is 0. The number of nitro groups is 1. The Labute approximate surface area is 116 Å². The van der Waals surface area contributed by atoms with Gasteiger partial charge in [-0.2, -0.15) is 0 Å². The van der Waals surface area contributed by atoms with Crippen LogP contribution in [0.2, 0.25) is 0 Å². The molecular weight excluding hydrogens is 262 g/mol. The molecule has 1 rings (SSSR count). The van der Waals surface area contributed by atoms with Crippen molar-refractivity contribution in [2.45, 2.75) is 32.2 Å². The summed E-state index contributed by atoms with van der Waals surface area (Å²) in [5.74, 6) is -0.909. The van der Waals surface area contributed by atoms with Crippen LogP contribution >= 0.6 is 0 Å². The van der Waals surface area contributed by atoms with Crippen molar-refractivity contribution in [1.82, 2.24) is 5.32 Å². The second-order valence-electron chi connectivity index (χ2n) is 4.96. The van der Waals surface area contributed by atoms with Crippen molar-refractivity contribution in [3.8, 4) is 0 Å². The van der Waals surface area contributed by atoms with E-state index in [-0.39, 0.29) is 18.0 Å². The maximum Gasteiger partial charge on any atom is 0.269 e. The quantitative estimate of drug-likeness (QED) is 0.594. The molecule has 0 heterocycles. The highest BCUT2D eigenvalue weighted by atomic mass is 16.6. The average molecular weight is 279 g/mol. The molecule has 1 aromatic carbocycles. The molecule has 7 nitrogen and oxygen atoms in total. The summed E-state index contributed by atoms with van der Waals surface area (Å²) in [7, 11) is 0. The molecule has 7 heteroatoms. The van der Waals surface area contributed by atoms with Gasteiger partial charge in [-0.15, -0.1) is 0 Å². The molecule has 1 aromatic rings. The molecule has 0 saturated heterocycles. The second-order valence-corrected chi connectivity index (χ2v) is 4.96. The Bertz CT molecular complexity index is 523. The second kappa shape index (κ2) is 6.14. The number of nitrogens with two attached hydrogens (primary N) is 1. The van der Waals surface area contributed by atoms with E-state index in [0.29, 0.717) is 6.42 Å². The van der Waals surface area contributed by atoms with Gasteiger partial charge in [0.05, 0.1) is 4.92 Å². The van der Waals surface area contributed by atoms with Gasteiger partial charge >= 0.3 is 0 Å². The molecule has 2 amide bonds. The highest BCUT2D eigenvalue weighted by molar-refractivity contribution is 5.89. The highest BCUT2D eigenvalue weighted by Gasteiger charge is 2.26. The van der Waals surface area contributed by atoms with Crippen LogP contribution in [0.25, 0.3) is 0 Å². The zero-order valence-corrected chi connectivity index (χ0v) is 11.4. The number of non-ortho nitro benzene ring substituents is 1. The van der Waals surface area contributed by atoms with Crippen molar-refractivity contribution < 1.29 is 14.5 Å². The molecule has 108 valence electrons. The number of rotatable bonds is 6. The van der Waals surface area contributed by atoms with Crippen LogP contribution in [-0.2, 0) is 16.0 Å². The first-order valence-corrected chi connectivity index (χ1v) is 6.06. The SMILES string of the molecule is CC(C)(NC(=O)CCc1ccc([N+](=O)[O-])cc1)C(N)=O. The van der Waals surface area contributed by atoms with Gasteiger partial charge in [-0.3, -0.25) is 19.7 Å². The van der Waals surface area contributed by atoms with Crippen molar-refractivity contribution in [3.05, 3.63) is 39.9 Å². The van der Waals surface area contributed by atoms with Gasteiger partial charge in [0.25, 0.3) is 5.69 Å². The largest absolute Gasteiger partial charge is 0.368 e. The number of primary amides is 1. The van der Waals surface area contributed by atoms with E-state index >= 15 is 0 Å². The van der Waals surface area contributed by atoms with E-state index in [1.54, 1.807) is 12.1 Å². The molecular formula is C13H17N3O4. The van der Waals surface area contributed by atoms with E-state index in [4.69, 9.17) is 5.73 Å². The molecule has 0 aromatic heterocycles. The number of nitrogens with zero attached hydrogens (tertiary/aromatic N) is 1. The first-order chi connectivity index (χ1) is 9.22. The van der Waals surface area contributed by atoms with Gasteiger partial charge in [0, 0.05) is 18.6 Å². The summed E-state index contributed by atoms with van der Waals surface area (Å²) >= 11 is 0. The van der Waals surface area contributed by atoms with Crippen LogP contribution in [0.5, 0.6) is 0 Å². The Morgan fingerprint density at radius 2 is 1.85 bits per heavy atom. The Balaban J connectivity index is 2.53. The van der Waals surface area contributed by atoms with E-state index in [1.807, 2.05) is 0 Å². The molecule has 0 bridgehead atoms. The number of hydrogen-bond acceptors (Lipinski definition) is 4. The molecule has 0 aliphatic carbocycles. The van der Waals surface area contributed by atoms with E-state index in [9.17, 15) is 19.7 Å². The number of aryl methyl sites for hydroxylation is 1. The number of nitrogens with one attached hydrogen (secondary N) is 1. The molecule has 0 unspecified atom stereocenters. The predicted octanol–water partition coefficient (Wildman–Crippen LogP) is 0.907. The summed E-state index contributed by atoms with van der Waals surface area (Å²) in [6, 6.07) is 5.98. The first kappa shape index (κ1) is 15.6. The third-order valence-electron chi connectivity index (χ3n) is 2.86. The molecule has 0 aliphatic heterocycles. The summed E-state index contributed by atoms with van der Waals surface area (Å²) in [5.41, 5.74) is 4.88. The zero-order valence-electron chi connectivity index (χ0n) is 11.4. The Morgan fingerprint density at radius 1 is 1.30 bits per heavy atom. The van der Waals surface area contributed by atoms with Crippen molar-refractivity contribution in [3.63, 3.8) is 0 Å². The number of benzene rings is 1. The van der Waals surface area contributed by atoms with Gasteiger partial charge in [0.2, 0.25) is 11.8 Å². The number of carbonyl (C=O) groups is 2. The molecule has 3 N–H and O–H groups in total. The van der Waals surface area contributed by atoms with Gasteiger partial charge in [-0.1, -0.05) is 12.1 Å². The van der Waals surface area contributed by atoms with Gasteiger partial charge in [-0.05, 0) is 25.8 Å². The Kier molecular flexibility index (Phi) is 4.79. The lowest BCUT2D eigenvalue weighted by Crippen LogP contribution is -2.53. The van der Waals surface area contributed by atoms with Crippen LogP contribution in [-0.4, -0.2) is 22.3 Å². The van der Waals surface area contributed by atoms with Crippen LogP contribution in [0.1, 0.15) is 25.8 Å². The standard InChI is InChI=1S/C13H17N3O4/c1-13(2,12(14)18)15-11(17)8-5-9-3-6-10(7-4-9)16(19)20/h3-4,6-7H,5,8H2,1-2H3,(H2,14,18)(H,15,17). The van der Waals surface area contributed by atoms with E-state index in [0.717, 1.165) is 5.56 Å². The fourth-order valence-electron chi connectivity index (χ4n) is 1.51. The first-order valence-electron chi connectivity index (χ1n) is 6.06. The third-order valence-corrected chi connectivity index (χ3v) is 2.86. The number of nitro benzene ring substituents is 1. The summed E-state index contributed by atoms with van der Waals surface area (Å²) in [4.78, 5) is 32.8. The van der Waals surface area contributed by atoms with E-state index < -0.39 is 16.4 Å². The van der Waals surface area contributed by atoms with Crippen LogP contribution in [0.15, 0.2) is 24.3 Å². The summed E-state index contributed by atoms with van der Waals surface area (Å²) in [6.45, 7) is 3.05. The zero-order chi connectivity index (χ0) is 15.3. The minimum Gasteiger partial charge on any atom is -0.368 e. The maximum absolute atomic E-state index is 11.7. The fourth-order valence-corrected chi connectivity index (χ4v) is 1.51. The van der Waals surface area contributed by atoms with Gasteiger partial charge in [0.15, 0.2) is 0 Å². The van der Waals surface area contributed by atoms with Crippen molar-refractivity contribution in [1.29, 1.82) is 0 Å². The lowest BCUT2D eigenvalue weighted by atomic mass is 10.0. The Hall–Kier alpha value is -2.44. The molecule has 20 heavy (non-hydrogen) atoms. The molecule has 0 radical (unpaired) electrons. The third kappa shape index (κ3) is 4.34. The molecule has 0 aliphatic rings. The van der Waals surface area contributed by atoms with Gasteiger partial charge in [-0.25, -0.2) is 0 Å². The monoisotopic (exact) mass is 279 g/mol. The number of carbonyl (C=O) groups excluding carboxylic acids is 2. The van der Waals surface area contributed by atoms with Crippen LogP contribution in [0.4, 0.5) is 5.69 Å². The average Bonchev–Trinajstić information content (AvgIpc) is 2.36. The normalized spacial score (nSPS) is 10.9. The summed E-state index contributed by atoms with van der Waals surface area (Å²) in [5, 5.41) is 13.0. The van der Waals surface area contributed by atoms with Gasteiger partial charge < -0.3 is 11.1 Å². The van der Waals surface area contributed by atoms with Gasteiger partial charge in [0.1, 0.15) is 5.54 Å². The van der Waals surface area contributed by atoms with Crippen molar-refractivity contribution in [2.75, 3.05) is 0 Å². The fraction of sp³-hybridized carbons (Fsp3) is 0.385.